The molecular formula is C11H21N3O2. The van der Waals surface area contributed by atoms with Gasteiger partial charge >= 0.3 is 0 Å². The third kappa shape index (κ3) is 2.07. The van der Waals surface area contributed by atoms with Crippen LogP contribution in [-0.4, -0.2) is 55.7 Å². The van der Waals surface area contributed by atoms with Gasteiger partial charge in [0.25, 0.3) is 0 Å². The van der Waals surface area contributed by atoms with E-state index in [0.717, 1.165) is 45.6 Å². The van der Waals surface area contributed by atoms with Gasteiger partial charge in [-0.15, -0.1) is 0 Å². The fraction of sp³-hybridized carbons (Fsp3) is 0.909. The molecule has 1 saturated carbocycles. The van der Waals surface area contributed by atoms with Crippen LogP contribution in [0.1, 0.15) is 19.3 Å². The van der Waals surface area contributed by atoms with Crippen molar-refractivity contribution in [1.29, 1.82) is 0 Å². The maximum absolute atomic E-state index is 11.5. The molecule has 2 fully saturated rings. The largest absolute Gasteiger partial charge is 0.379 e. The van der Waals surface area contributed by atoms with Gasteiger partial charge in [0.05, 0.1) is 18.8 Å². The van der Waals surface area contributed by atoms with Crippen molar-refractivity contribution < 1.29 is 9.53 Å². The molecule has 0 spiro atoms. The highest BCUT2D eigenvalue weighted by atomic mass is 16.5. The number of morpholine rings is 1. The molecule has 5 heteroatoms. The molecule has 1 aliphatic carbocycles. The molecule has 1 aliphatic heterocycles. The summed E-state index contributed by atoms with van der Waals surface area (Å²) in [5.74, 6) is -0.217. The van der Waals surface area contributed by atoms with Crippen LogP contribution in [0.15, 0.2) is 0 Å². The Bertz CT molecular complexity index is 266. The second-order valence-corrected chi connectivity index (χ2v) is 4.74. The van der Waals surface area contributed by atoms with E-state index in [9.17, 15) is 4.79 Å². The molecule has 2 atom stereocenters. The molecule has 3 N–H and O–H groups in total. The van der Waals surface area contributed by atoms with Crippen molar-refractivity contribution in [3.05, 3.63) is 0 Å². The Morgan fingerprint density at radius 3 is 2.69 bits per heavy atom. The van der Waals surface area contributed by atoms with Crippen LogP contribution in [0.4, 0.5) is 0 Å². The lowest BCUT2D eigenvalue weighted by Gasteiger charge is -2.33. The number of nitrogens with zero attached hydrogens (tertiary/aromatic N) is 1. The predicted octanol–water partition coefficient (Wildman–Crippen LogP) is -0.685. The van der Waals surface area contributed by atoms with Gasteiger partial charge in [0, 0.05) is 19.1 Å². The summed E-state index contributed by atoms with van der Waals surface area (Å²) in [7, 11) is 1.83. The van der Waals surface area contributed by atoms with Gasteiger partial charge in [-0.3, -0.25) is 9.69 Å². The first kappa shape index (κ1) is 11.8. The van der Waals surface area contributed by atoms with Crippen molar-refractivity contribution in [2.24, 2.45) is 5.73 Å². The van der Waals surface area contributed by atoms with Crippen LogP contribution in [0.3, 0.4) is 0 Å². The lowest BCUT2D eigenvalue weighted by atomic mass is 9.96. The van der Waals surface area contributed by atoms with Gasteiger partial charge in [0.1, 0.15) is 0 Å². The Kier molecular flexibility index (Phi) is 3.47. The maximum Gasteiger partial charge on any atom is 0.237 e. The number of carbonyl (C=O) groups excluding carboxylic acids is 1. The van der Waals surface area contributed by atoms with Crippen LogP contribution >= 0.6 is 0 Å². The van der Waals surface area contributed by atoms with Gasteiger partial charge < -0.3 is 15.8 Å². The summed E-state index contributed by atoms with van der Waals surface area (Å²) in [4.78, 5) is 13.9. The molecule has 92 valence electrons. The summed E-state index contributed by atoms with van der Waals surface area (Å²) < 4.78 is 5.34. The lowest BCUT2D eigenvalue weighted by Crippen LogP contribution is -2.53. The number of primary amides is 1. The van der Waals surface area contributed by atoms with E-state index in [0.29, 0.717) is 6.04 Å². The first-order valence-corrected chi connectivity index (χ1v) is 5.98. The minimum atomic E-state index is -0.483. The van der Waals surface area contributed by atoms with Crippen molar-refractivity contribution in [1.82, 2.24) is 10.2 Å². The van der Waals surface area contributed by atoms with Crippen LogP contribution in [0.2, 0.25) is 0 Å². The van der Waals surface area contributed by atoms with E-state index >= 15 is 0 Å². The normalized spacial score (nSPS) is 36.4. The summed E-state index contributed by atoms with van der Waals surface area (Å²) in [6.07, 6.45) is 2.73. The monoisotopic (exact) mass is 227 g/mol. The minimum Gasteiger partial charge on any atom is -0.379 e. The van der Waals surface area contributed by atoms with Gasteiger partial charge in [-0.1, -0.05) is 0 Å². The Labute approximate surface area is 96.3 Å². The summed E-state index contributed by atoms with van der Waals surface area (Å²) in [6, 6.07) is 0.476. The minimum absolute atomic E-state index is 0.217. The van der Waals surface area contributed by atoms with E-state index in [1.54, 1.807) is 0 Å². The zero-order valence-electron chi connectivity index (χ0n) is 9.87. The number of rotatable bonds is 3. The molecule has 2 rings (SSSR count). The number of hydrogen-bond donors (Lipinski definition) is 2. The summed E-state index contributed by atoms with van der Waals surface area (Å²) in [5.41, 5.74) is 5.01. The van der Waals surface area contributed by atoms with E-state index in [1.807, 2.05) is 7.05 Å². The number of amides is 1. The molecule has 0 bridgehead atoms. The first-order valence-electron chi connectivity index (χ1n) is 5.98. The quantitative estimate of drug-likeness (QED) is 0.670. The van der Waals surface area contributed by atoms with Gasteiger partial charge in [-0.2, -0.15) is 0 Å². The Hall–Kier alpha value is -0.650. The summed E-state index contributed by atoms with van der Waals surface area (Å²) >= 11 is 0. The highest BCUT2D eigenvalue weighted by Crippen LogP contribution is 2.33. The van der Waals surface area contributed by atoms with Gasteiger partial charge in [-0.25, -0.2) is 0 Å². The molecular weight excluding hydrogens is 206 g/mol. The van der Waals surface area contributed by atoms with Crippen LogP contribution in [0.25, 0.3) is 0 Å². The third-order valence-electron chi connectivity index (χ3n) is 4.00. The average Bonchev–Trinajstić information content (AvgIpc) is 2.76. The van der Waals surface area contributed by atoms with E-state index in [2.05, 4.69) is 10.2 Å². The molecule has 16 heavy (non-hydrogen) atoms. The SMILES string of the molecule is CNC1(C(N)=O)CCC(N2CCOCC2)C1. The van der Waals surface area contributed by atoms with Crippen molar-refractivity contribution in [2.75, 3.05) is 33.4 Å². The van der Waals surface area contributed by atoms with Crippen LogP contribution in [-0.2, 0) is 9.53 Å². The number of carbonyl (C=O) groups is 1. The predicted molar refractivity (Wildman–Crippen MR) is 61.0 cm³/mol. The lowest BCUT2D eigenvalue weighted by molar-refractivity contribution is -0.124. The van der Waals surface area contributed by atoms with Crippen molar-refractivity contribution in [3.63, 3.8) is 0 Å². The summed E-state index contributed by atoms with van der Waals surface area (Å²) in [5, 5.41) is 3.11. The number of likely N-dealkylation sites (N-methyl/N-ethyl adjacent to an activating group) is 1. The Balaban J connectivity index is 1.98. The first-order chi connectivity index (χ1) is 7.68. The standard InChI is InChI=1S/C11H21N3O2/c1-13-11(10(12)15)3-2-9(8-11)14-4-6-16-7-5-14/h9,13H,2-8H2,1H3,(H2,12,15). The number of nitrogens with one attached hydrogen (secondary N) is 1. The zero-order chi connectivity index (χ0) is 11.6. The van der Waals surface area contributed by atoms with Crippen molar-refractivity contribution in [3.8, 4) is 0 Å². The van der Waals surface area contributed by atoms with E-state index in [-0.39, 0.29) is 5.91 Å². The third-order valence-corrected chi connectivity index (χ3v) is 4.00. The number of nitrogens with two attached hydrogens (primary N) is 1. The van der Waals surface area contributed by atoms with E-state index in [4.69, 9.17) is 10.5 Å². The van der Waals surface area contributed by atoms with Crippen LogP contribution < -0.4 is 11.1 Å². The molecule has 2 aliphatic rings. The van der Waals surface area contributed by atoms with Gasteiger partial charge in [-0.05, 0) is 26.3 Å². The fourth-order valence-corrected chi connectivity index (χ4v) is 2.85. The molecule has 2 unspecified atom stereocenters. The second kappa shape index (κ2) is 4.69. The van der Waals surface area contributed by atoms with Gasteiger partial charge in [0.15, 0.2) is 0 Å². The van der Waals surface area contributed by atoms with Crippen LogP contribution in [0.5, 0.6) is 0 Å². The molecule has 1 amide bonds. The van der Waals surface area contributed by atoms with E-state index in [1.165, 1.54) is 0 Å². The van der Waals surface area contributed by atoms with Crippen molar-refractivity contribution >= 4 is 5.91 Å². The average molecular weight is 227 g/mol. The second-order valence-electron chi connectivity index (χ2n) is 4.74. The molecule has 5 nitrogen and oxygen atoms in total. The van der Waals surface area contributed by atoms with E-state index < -0.39 is 5.54 Å². The summed E-state index contributed by atoms with van der Waals surface area (Å²) in [6.45, 7) is 3.56. The van der Waals surface area contributed by atoms with Crippen LogP contribution in [0, 0.1) is 0 Å². The molecule has 1 heterocycles. The number of hydrogen-bond acceptors (Lipinski definition) is 4. The highest BCUT2D eigenvalue weighted by molar-refractivity contribution is 5.85. The molecule has 0 aromatic carbocycles. The molecule has 0 aromatic heterocycles. The Morgan fingerprint density at radius 1 is 1.50 bits per heavy atom. The van der Waals surface area contributed by atoms with Gasteiger partial charge in [0.2, 0.25) is 5.91 Å². The number of ether oxygens (including phenoxy) is 1. The fourth-order valence-electron chi connectivity index (χ4n) is 2.85. The Morgan fingerprint density at radius 2 is 2.19 bits per heavy atom. The molecule has 0 radical (unpaired) electrons. The van der Waals surface area contributed by atoms with Crippen molar-refractivity contribution in [2.45, 2.75) is 30.8 Å². The smallest absolute Gasteiger partial charge is 0.237 e. The zero-order valence-corrected chi connectivity index (χ0v) is 9.87. The topological polar surface area (TPSA) is 67.6 Å². The molecule has 1 saturated heterocycles. The highest BCUT2D eigenvalue weighted by Gasteiger charge is 2.44. The maximum atomic E-state index is 11.5. The molecule has 0 aromatic rings.